The third-order valence-corrected chi connectivity index (χ3v) is 5.21. The van der Waals surface area contributed by atoms with Gasteiger partial charge in [-0.2, -0.15) is 0 Å². The smallest absolute Gasteiger partial charge is 0.334 e. The highest BCUT2D eigenvalue weighted by Crippen LogP contribution is 2.48. The van der Waals surface area contributed by atoms with Gasteiger partial charge in [-0.1, -0.05) is 42.5 Å². The molecule has 1 heterocycles. The van der Waals surface area contributed by atoms with Gasteiger partial charge in [-0.05, 0) is 30.9 Å². The molecule has 0 amide bonds. The molecule has 23 heavy (non-hydrogen) atoms. The molecule has 3 aliphatic rings. The lowest BCUT2D eigenvalue weighted by Gasteiger charge is -2.18. The number of esters is 1. The van der Waals surface area contributed by atoms with Gasteiger partial charge in [-0.25, -0.2) is 4.79 Å². The number of benzene rings is 1. The Morgan fingerprint density at radius 1 is 1.17 bits per heavy atom. The predicted octanol–water partition coefficient (Wildman–Crippen LogP) is 3.62. The quantitative estimate of drug-likeness (QED) is 0.588. The molecule has 1 aromatic carbocycles. The molecular formula is C20H18O3. The van der Waals surface area contributed by atoms with Crippen LogP contribution in [0.5, 0.6) is 0 Å². The van der Waals surface area contributed by atoms with Crippen LogP contribution in [-0.4, -0.2) is 17.9 Å². The molecule has 0 radical (unpaired) electrons. The normalized spacial score (nSPS) is 27.1. The van der Waals surface area contributed by atoms with Gasteiger partial charge in [0.2, 0.25) is 0 Å². The zero-order valence-corrected chi connectivity index (χ0v) is 13.1. The highest BCUT2D eigenvalue weighted by Gasteiger charge is 2.47. The number of carbonyl (C=O) groups is 2. The number of hydrogen-bond acceptors (Lipinski definition) is 3. The molecule has 0 saturated carbocycles. The number of allylic oxidation sites excluding steroid dienone is 2. The SMILES string of the molecule is C=C1C(=O)O[C@H]2C3=C(c4ccccc4)C(=O)CC3=C(C)CC[C@H]12. The molecule has 0 aromatic heterocycles. The summed E-state index contributed by atoms with van der Waals surface area (Å²) in [5.74, 6) is -0.220. The second kappa shape index (κ2) is 5.05. The van der Waals surface area contributed by atoms with Crippen LogP contribution < -0.4 is 0 Å². The van der Waals surface area contributed by atoms with Crippen molar-refractivity contribution in [3.63, 3.8) is 0 Å². The number of fused-ring (bicyclic) bond motifs is 3. The molecule has 0 unspecified atom stereocenters. The lowest BCUT2D eigenvalue weighted by atomic mass is 9.87. The largest absolute Gasteiger partial charge is 0.453 e. The van der Waals surface area contributed by atoms with Crippen molar-refractivity contribution < 1.29 is 14.3 Å². The Bertz CT molecular complexity index is 795. The number of carbonyl (C=O) groups excluding carboxylic acids is 2. The monoisotopic (exact) mass is 306 g/mol. The zero-order valence-electron chi connectivity index (χ0n) is 13.1. The van der Waals surface area contributed by atoms with Crippen LogP contribution in [0.25, 0.3) is 5.57 Å². The summed E-state index contributed by atoms with van der Waals surface area (Å²) < 4.78 is 5.64. The summed E-state index contributed by atoms with van der Waals surface area (Å²) in [6.45, 7) is 6.00. The molecule has 1 aliphatic heterocycles. The van der Waals surface area contributed by atoms with Crippen LogP contribution >= 0.6 is 0 Å². The molecule has 0 N–H and O–H groups in total. The predicted molar refractivity (Wildman–Crippen MR) is 87.4 cm³/mol. The first-order valence-electron chi connectivity index (χ1n) is 7.99. The summed E-state index contributed by atoms with van der Waals surface area (Å²) in [7, 11) is 0. The van der Waals surface area contributed by atoms with Crippen molar-refractivity contribution in [2.24, 2.45) is 5.92 Å². The fourth-order valence-electron chi connectivity index (χ4n) is 3.98. The van der Waals surface area contributed by atoms with Gasteiger partial charge in [0, 0.05) is 29.1 Å². The second-order valence-corrected chi connectivity index (χ2v) is 6.51. The van der Waals surface area contributed by atoms with Gasteiger partial charge >= 0.3 is 5.97 Å². The number of Topliss-reactive ketones (excluding diaryl/α,β-unsaturated/α-hetero) is 1. The van der Waals surface area contributed by atoms with Crippen molar-refractivity contribution in [2.75, 3.05) is 0 Å². The summed E-state index contributed by atoms with van der Waals surface area (Å²) >= 11 is 0. The van der Waals surface area contributed by atoms with Crippen LogP contribution in [0.15, 0.2) is 59.2 Å². The molecule has 116 valence electrons. The van der Waals surface area contributed by atoms with E-state index in [4.69, 9.17) is 4.74 Å². The first kappa shape index (κ1) is 14.2. The molecular weight excluding hydrogens is 288 g/mol. The van der Waals surface area contributed by atoms with E-state index in [1.54, 1.807) is 0 Å². The highest BCUT2D eigenvalue weighted by atomic mass is 16.6. The number of ether oxygens (including phenoxy) is 1. The van der Waals surface area contributed by atoms with Crippen molar-refractivity contribution in [3.8, 4) is 0 Å². The minimum absolute atomic E-state index is 0.0189. The summed E-state index contributed by atoms with van der Waals surface area (Å²) in [6.07, 6.45) is 1.79. The first-order valence-corrected chi connectivity index (χ1v) is 7.99. The van der Waals surface area contributed by atoms with Crippen molar-refractivity contribution in [2.45, 2.75) is 32.3 Å². The van der Waals surface area contributed by atoms with Crippen molar-refractivity contribution in [1.29, 1.82) is 0 Å². The lowest BCUT2D eigenvalue weighted by molar-refractivity contribution is -0.137. The molecule has 1 saturated heterocycles. The Kier molecular flexibility index (Phi) is 3.12. The van der Waals surface area contributed by atoms with Gasteiger partial charge in [0.1, 0.15) is 6.10 Å². The molecule has 4 rings (SSSR count). The molecule has 2 aliphatic carbocycles. The highest BCUT2D eigenvalue weighted by molar-refractivity contribution is 6.26. The van der Waals surface area contributed by atoms with Gasteiger partial charge in [0.15, 0.2) is 5.78 Å². The van der Waals surface area contributed by atoms with Gasteiger partial charge in [0.25, 0.3) is 0 Å². The van der Waals surface area contributed by atoms with Crippen LogP contribution in [0, 0.1) is 5.92 Å². The number of ketones is 1. The maximum atomic E-state index is 12.7. The van der Waals surface area contributed by atoms with Crippen molar-refractivity contribution in [3.05, 3.63) is 64.8 Å². The van der Waals surface area contributed by atoms with Gasteiger partial charge < -0.3 is 4.74 Å². The first-order chi connectivity index (χ1) is 11.1. The van der Waals surface area contributed by atoms with Crippen LogP contribution in [-0.2, 0) is 14.3 Å². The fraction of sp³-hybridized carbons (Fsp3) is 0.300. The summed E-state index contributed by atoms with van der Waals surface area (Å²) in [5.41, 5.74) is 5.40. The summed E-state index contributed by atoms with van der Waals surface area (Å²) in [4.78, 5) is 24.7. The van der Waals surface area contributed by atoms with E-state index >= 15 is 0 Å². The standard InChI is InChI=1S/C20H18O3/c1-11-8-9-14-12(2)20(22)23-19(14)18-15(11)10-16(21)17(18)13-6-4-3-5-7-13/h3-7,14,19H,2,8-10H2,1H3/t14-,19-/m1/s1. The maximum absolute atomic E-state index is 12.7. The topological polar surface area (TPSA) is 43.4 Å². The van der Waals surface area contributed by atoms with E-state index in [-0.39, 0.29) is 23.8 Å². The van der Waals surface area contributed by atoms with E-state index in [2.05, 4.69) is 13.5 Å². The molecule has 3 heteroatoms. The van der Waals surface area contributed by atoms with Crippen LogP contribution in [0.2, 0.25) is 0 Å². The molecule has 0 spiro atoms. The molecule has 1 fully saturated rings. The average molecular weight is 306 g/mol. The Hall–Kier alpha value is -2.42. The Morgan fingerprint density at radius 3 is 2.65 bits per heavy atom. The van der Waals surface area contributed by atoms with Crippen molar-refractivity contribution >= 4 is 17.3 Å². The third kappa shape index (κ3) is 2.03. The average Bonchev–Trinajstić information content (AvgIpc) is 2.99. The van der Waals surface area contributed by atoms with E-state index in [0.717, 1.165) is 35.1 Å². The Morgan fingerprint density at radius 2 is 1.91 bits per heavy atom. The second-order valence-electron chi connectivity index (χ2n) is 6.51. The number of hydrogen-bond donors (Lipinski definition) is 0. The number of rotatable bonds is 1. The minimum Gasteiger partial charge on any atom is -0.453 e. The third-order valence-electron chi connectivity index (χ3n) is 5.21. The maximum Gasteiger partial charge on any atom is 0.334 e. The van der Waals surface area contributed by atoms with E-state index < -0.39 is 0 Å². The molecule has 3 nitrogen and oxygen atoms in total. The van der Waals surface area contributed by atoms with E-state index in [0.29, 0.717) is 12.0 Å². The Labute approximate surface area is 135 Å². The van der Waals surface area contributed by atoms with Crippen LogP contribution in [0.3, 0.4) is 0 Å². The van der Waals surface area contributed by atoms with E-state index in [9.17, 15) is 9.59 Å². The lowest BCUT2D eigenvalue weighted by Crippen LogP contribution is -2.19. The summed E-state index contributed by atoms with van der Waals surface area (Å²) in [6, 6.07) is 9.69. The van der Waals surface area contributed by atoms with Gasteiger partial charge in [0.05, 0.1) is 0 Å². The fourth-order valence-corrected chi connectivity index (χ4v) is 3.98. The van der Waals surface area contributed by atoms with Crippen LogP contribution in [0.1, 0.15) is 31.7 Å². The van der Waals surface area contributed by atoms with Gasteiger partial charge in [-0.3, -0.25) is 4.79 Å². The zero-order chi connectivity index (χ0) is 16.1. The van der Waals surface area contributed by atoms with Crippen LogP contribution in [0.4, 0.5) is 0 Å². The molecule has 0 bridgehead atoms. The van der Waals surface area contributed by atoms with E-state index in [1.807, 2.05) is 30.3 Å². The van der Waals surface area contributed by atoms with E-state index in [1.165, 1.54) is 5.57 Å². The Balaban J connectivity index is 1.96. The molecule has 2 atom stereocenters. The van der Waals surface area contributed by atoms with Gasteiger partial charge in [-0.15, -0.1) is 0 Å². The summed E-state index contributed by atoms with van der Waals surface area (Å²) in [5, 5.41) is 0. The molecule has 1 aromatic rings. The van der Waals surface area contributed by atoms with Crippen molar-refractivity contribution in [1.82, 2.24) is 0 Å². The minimum atomic E-state index is -0.357.